The van der Waals surface area contributed by atoms with Crippen LogP contribution in [0.4, 0.5) is 0 Å². The summed E-state index contributed by atoms with van der Waals surface area (Å²) < 4.78 is 5.45. The van der Waals surface area contributed by atoms with E-state index in [0.717, 1.165) is 12.8 Å². The molecule has 0 aliphatic carbocycles. The summed E-state index contributed by atoms with van der Waals surface area (Å²) in [6, 6.07) is 10.1. The van der Waals surface area contributed by atoms with Gasteiger partial charge < -0.3 is 10.1 Å². The molecule has 0 spiro atoms. The molecule has 0 unspecified atom stereocenters. The van der Waals surface area contributed by atoms with Gasteiger partial charge in [-0.2, -0.15) is 0 Å². The molecule has 3 nitrogen and oxygen atoms in total. The van der Waals surface area contributed by atoms with Crippen LogP contribution in [0.2, 0.25) is 0 Å². The van der Waals surface area contributed by atoms with Crippen LogP contribution in [0.25, 0.3) is 0 Å². The minimum atomic E-state index is -0.389. The van der Waals surface area contributed by atoms with Crippen molar-refractivity contribution in [3.63, 3.8) is 0 Å². The van der Waals surface area contributed by atoms with E-state index in [1.807, 2.05) is 45.9 Å². The van der Waals surface area contributed by atoms with Crippen molar-refractivity contribution in [2.75, 3.05) is 13.2 Å². The summed E-state index contributed by atoms with van der Waals surface area (Å²) in [4.78, 5) is 12.2. The molecule has 20 heavy (non-hydrogen) atoms. The first-order valence-corrected chi connectivity index (χ1v) is 7.35. The SMILES string of the molecule is CC(C)OCCCNC(=O)C(C)(C)Cc1ccccc1. The summed E-state index contributed by atoms with van der Waals surface area (Å²) in [5.41, 5.74) is 0.802. The fourth-order valence-electron chi connectivity index (χ4n) is 2.02. The third-order valence-corrected chi connectivity index (χ3v) is 3.16. The third kappa shape index (κ3) is 6.20. The van der Waals surface area contributed by atoms with Crippen LogP contribution in [-0.4, -0.2) is 25.2 Å². The second kappa shape index (κ2) is 8.05. The lowest BCUT2D eigenvalue weighted by Gasteiger charge is -2.23. The summed E-state index contributed by atoms with van der Waals surface area (Å²) >= 11 is 0. The molecular weight excluding hydrogens is 250 g/mol. The van der Waals surface area contributed by atoms with Gasteiger partial charge in [0, 0.05) is 18.6 Å². The molecule has 1 amide bonds. The smallest absolute Gasteiger partial charge is 0.225 e. The molecule has 0 saturated heterocycles. The highest BCUT2D eigenvalue weighted by atomic mass is 16.5. The van der Waals surface area contributed by atoms with E-state index in [0.29, 0.717) is 13.2 Å². The lowest BCUT2D eigenvalue weighted by molar-refractivity contribution is -0.129. The number of ether oxygens (including phenoxy) is 1. The van der Waals surface area contributed by atoms with E-state index >= 15 is 0 Å². The molecule has 0 bridgehead atoms. The maximum absolute atomic E-state index is 12.2. The van der Waals surface area contributed by atoms with Gasteiger partial charge in [-0.05, 0) is 32.3 Å². The molecule has 0 radical (unpaired) electrons. The first-order chi connectivity index (χ1) is 9.42. The molecule has 0 aliphatic heterocycles. The molecule has 3 heteroatoms. The van der Waals surface area contributed by atoms with Gasteiger partial charge in [-0.1, -0.05) is 44.2 Å². The predicted octanol–water partition coefficient (Wildman–Crippen LogP) is 3.19. The quantitative estimate of drug-likeness (QED) is 0.741. The van der Waals surface area contributed by atoms with Crippen LogP contribution in [0.3, 0.4) is 0 Å². The van der Waals surface area contributed by atoms with E-state index < -0.39 is 0 Å². The Kier molecular flexibility index (Phi) is 6.73. The zero-order valence-corrected chi connectivity index (χ0v) is 13.1. The van der Waals surface area contributed by atoms with Gasteiger partial charge in [0.05, 0.1) is 6.10 Å². The average Bonchev–Trinajstić information content (AvgIpc) is 2.38. The Balaban J connectivity index is 2.33. The van der Waals surface area contributed by atoms with Gasteiger partial charge in [-0.3, -0.25) is 4.79 Å². The van der Waals surface area contributed by atoms with E-state index in [1.165, 1.54) is 5.56 Å². The zero-order chi connectivity index (χ0) is 15.0. The van der Waals surface area contributed by atoms with E-state index in [2.05, 4.69) is 17.4 Å². The minimum Gasteiger partial charge on any atom is -0.379 e. The van der Waals surface area contributed by atoms with Gasteiger partial charge in [-0.25, -0.2) is 0 Å². The summed E-state index contributed by atoms with van der Waals surface area (Å²) in [6.45, 7) is 9.36. The maximum Gasteiger partial charge on any atom is 0.225 e. The topological polar surface area (TPSA) is 38.3 Å². The zero-order valence-electron chi connectivity index (χ0n) is 13.1. The Hall–Kier alpha value is -1.35. The van der Waals surface area contributed by atoms with Crippen molar-refractivity contribution in [2.45, 2.75) is 46.6 Å². The maximum atomic E-state index is 12.2. The molecule has 0 saturated carbocycles. The van der Waals surface area contributed by atoms with Crippen LogP contribution in [0.1, 0.15) is 39.7 Å². The van der Waals surface area contributed by atoms with Crippen molar-refractivity contribution in [3.05, 3.63) is 35.9 Å². The van der Waals surface area contributed by atoms with Crippen LogP contribution in [0, 0.1) is 5.41 Å². The molecule has 0 aromatic heterocycles. The van der Waals surface area contributed by atoms with Gasteiger partial charge >= 0.3 is 0 Å². The number of amides is 1. The highest BCUT2D eigenvalue weighted by Gasteiger charge is 2.27. The molecule has 1 aromatic carbocycles. The van der Waals surface area contributed by atoms with E-state index in [9.17, 15) is 4.79 Å². The Bertz CT molecular complexity index is 399. The van der Waals surface area contributed by atoms with Gasteiger partial charge in [0.25, 0.3) is 0 Å². The number of rotatable bonds is 8. The van der Waals surface area contributed by atoms with Gasteiger partial charge in [-0.15, -0.1) is 0 Å². The molecule has 1 N–H and O–H groups in total. The highest BCUT2D eigenvalue weighted by Crippen LogP contribution is 2.21. The summed E-state index contributed by atoms with van der Waals surface area (Å²) in [5, 5.41) is 3.00. The third-order valence-electron chi connectivity index (χ3n) is 3.16. The Morgan fingerprint density at radius 3 is 2.50 bits per heavy atom. The number of hydrogen-bond acceptors (Lipinski definition) is 2. The normalized spacial score (nSPS) is 11.7. The van der Waals surface area contributed by atoms with Crippen LogP contribution in [-0.2, 0) is 16.0 Å². The molecule has 112 valence electrons. The average molecular weight is 277 g/mol. The fraction of sp³-hybridized carbons (Fsp3) is 0.588. The van der Waals surface area contributed by atoms with E-state index in [1.54, 1.807) is 0 Å². The van der Waals surface area contributed by atoms with Crippen LogP contribution < -0.4 is 5.32 Å². The minimum absolute atomic E-state index is 0.103. The van der Waals surface area contributed by atoms with Crippen molar-refractivity contribution >= 4 is 5.91 Å². The highest BCUT2D eigenvalue weighted by molar-refractivity contribution is 5.82. The number of carbonyl (C=O) groups excluding carboxylic acids is 1. The number of nitrogens with one attached hydrogen (secondary N) is 1. The van der Waals surface area contributed by atoms with Crippen molar-refractivity contribution in [3.8, 4) is 0 Å². The largest absolute Gasteiger partial charge is 0.379 e. The summed E-state index contributed by atoms with van der Waals surface area (Å²) in [5.74, 6) is 0.103. The van der Waals surface area contributed by atoms with Gasteiger partial charge in [0.1, 0.15) is 0 Å². The number of hydrogen-bond donors (Lipinski definition) is 1. The standard InChI is InChI=1S/C17H27NO2/c1-14(2)20-12-8-11-18-16(19)17(3,4)13-15-9-6-5-7-10-15/h5-7,9-10,14H,8,11-13H2,1-4H3,(H,18,19). The van der Waals surface area contributed by atoms with Crippen LogP contribution in [0.15, 0.2) is 30.3 Å². The first kappa shape index (κ1) is 16.7. The second-order valence-electron chi connectivity index (χ2n) is 6.08. The van der Waals surface area contributed by atoms with Crippen LogP contribution in [0.5, 0.6) is 0 Å². The molecule has 0 atom stereocenters. The Morgan fingerprint density at radius 2 is 1.90 bits per heavy atom. The fourth-order valence-corrected chi connectivity index (χ4v) is 2.02. The molecule has 0 fully saturated rings. The Morgan fingerprint density at radius 1 is 1.25 bits per heavy atom. The van der Waals surface area contributed by atoms with Crippen molar-refractivity contribution < 1.29 is 9.53 Å². The second-order valence-corrected chi connectivity index (χ2v) is 6.08. The molecule has 0 heterocycles. The summed E-state index contributed by atoms with van der Waals surface area (Å²) in [6.07, 6.45) is 1.85. The Labute approximate surface area is 122 Å². The predicted molar refractivity (Wildman–Crippen MR) is 82.6 cm³/mol. The molecule has 0 aliphatic rings. The van der Waals surface area contributed by atoms with E-state index in [-0.39, 0.29) is 17.4 Å². The molecular formula is C17H27NO2. The lowest BCUT2D eigenvalue weighted by atomic mass is 9.85. The monoisotopic (exact) mass is 277 g/mol. The molecule has 1 rings (SSSR count). The number of benzene rings is 1. The van der Waals surface area contributed by atoms with Crippen LogP contribution >= 0.6 is 0 Å². The first-order valence-electron chi connectivity index (χ1n) is 7.35. The lowest BCUT2D eigenvalue weighted by Crippen LogP contribution is -2.39. The van der Waals surface area contributed by atoms with Gasteiger partial charge in [0.2, 0.25) is 5.91 Å². The van der Waals surface area contributed by atoms with E-state index in [4.69, 9.17) is 4.74 Å². The van der Waals surface area contributed by atoms with Crippen molar-refractivity contribution in [1.82, 2.24) is 5.32 Å². The number of carbonyl (C=O) groups is 1. The molecule has 1 aromatic rings. The van der Waals surface area contributed by atoms with Crippen molar-refractivity contribution in [1.29, 1.82) is 0 Å². The van der Waals surface area contributed by atoms with Gasteiger partial charge in [0.15, 0.2) is 0 Å². The summed E-state index contributed by atoms with van der Waals surface area (Å²) in [7, 11) is 0. The van der Waals surface area contributed by atoms with Crippen molar-refractivity contribution in [2.24, 2.45) is 5.41 Å².